The minimum Gasteiger partial charge on any atom is -0.463 e. The van der Waals surface area contributed by atoms with Gasteiger partial charge in [0.15, 0.2) is 5.75 Å². The largest absolute Gasteiger partial charge is 0.573 e. The van der Waals surface area contributed by atoms with Crippen molar-refractivity contribution >= 4 is 23.7 Å². The van der Waals surface area contributed by atoms with Crippen molar-refractivity contribution in [1.82, 2.24) is 0 Å². The molecular formula is C25H22F3N3O4. The second-order valence-corrected chi connectivity index (χ2v) is 7.49. The minimum atomic E-state index is -4.75. The molecule has 0 aliphatic carbocycles. The highest BCUT2D eigenvalue weighted by Gasteiger charge is 2.31. The van der Waals surface area contributed by atoms with Crippen molar-refractivity contribution in [2.45, 2.75) is 27.1 Å². The van der Waals surface area contributed by atoms with Crippen LogP contribution in [0.5, 0.6) is 11.5 Å². The summed E-state index contributed by atoms with van der Waals surface area (Å²) in [6.45, 7) is 5.27. The van der Waals surface area contributed by atoms with Crippen molar-refractivity contribution in [2.75, 3.05) is 5.01 Å². The Morgan fingerprint density at radius 1 is 0.943 bits per heavy atom. The highest BCUT2D eigenvalue weighted by atomic mass is 19.4. The number of nitrogens with zero attached hydrogens (tertiary/aromatic N) is 3. The van der Waals surface area contributed by atoms with E-state index < -0.39 is 12.5 Å². The number of oxime groups is 1. The number of halogens is 3. The summed E-state index contributed by atoms with van der Waals surface area (Å²) >= 11 is 0. The van der Waals surface area contributed by atoms with E-state index in [0.29, 0.717) is 28.3 Å². The van der Waals surface area contributed by atoms with Crippen LogP contribution in [0.15, 0.2) is 77.0 Å². The van der Waals surface area contributed by atoms with Gasteiger partial charge in [-0.25, -0.2) is 4.79 Å². The quantitative estimate of drug-likeness (QED) is 0.305. The summed E-state index contributed by atoms with van der Waals surface area (Å²) in [7, 11) is 0. The second-order valence-electron chi connectivity index (χ2n) is 7.49. The topological polar surface area (TPSA) is 83.7 Å². The second kappa shape index (κ2) is 10.7. The summed E-state index contributed by atoms with van der Waals surface area (Å²) in [5, 5.41) is 18.6. The molecule has 0 heterocycles. The molecule has 1 amide bonds. The van der Waals surface area contributed by atoms with E-state index in [4.69, 9.17) is 4.84 Å². The van der Waals surface area contributed by atoms with Gasteiger partial charge in [-0.3, -0.25) is 0 Å². The Hall–Kier alpha value is -4.34. The molecule has 0 fully saturated rings. The van der Waals surface area contributed by atoms with Crippen LogP contribution in [0.25, 0.3) is 0 Å². The molecule has 10 heteroatoms. The predicted octanol–water partition coefficient (Wildman–Crippen LogP) is 6.52. The number of anilines is 1. The first-order valence-corrected chi connectivity index (χ1v) is 10.3. The zero-order chi connectivity index (χ0) is 25.6. The van der Waals surface area contributed by atoms with Crippen LogP contribution in [0.2, 0.25) is 0 Å². The average molecular weight is 485 g/mol. The van der Waals surface area contributed by atoms with Crippen LogP contribution in [0, 0.1) is 13.8 Å². The molecule has 35 heavy (non-hydrogen) atoms. The van der Waals surface area contributed by atoms with Gasteiger partial charge in [0.25, 0.3) is 0 Å². The lowest BCUT2D eigenvalue weighted by Crippen LogP contribution is -2.25. The van der Waals surface area contributed by atoms with Crippen molar-refractivity contribution in [3.05, 3.63) is 89.0 Å². The van der Waals surface area contributed by atoms with E-state index >= 15 is 0 Å². The van der Waals surface area contributed by atoms with Gasteiger partial charge in [0, 0.05) is 0 Å². The monoisotopic (exact) mass is 485 g/mol. The Morgan fingerprint density at radius 3 is 2.06 bits per heavy atom. The fourth-order valence-corrected chi connectivity index (χ4v) is 3.15. The molecule has 0 saturated heterocycles. The highest BCUT2D eigenvalue weighted by molar-refractivity contribution is 5.98. The van der Waals surface area contributed by atoms with Crippen molar-refractivity contribution in [3.8, 4) is 11.5 Å². The third-order valence-electron chi connectivity index (χ3n) is 4.83. The van der Waals surface area contributed by atoms with E-state index in [1.54, 1.807) is 31.2 Å². The van der Waals surface area contributed by atoms with Crippen molar-refractivity contribution in [2.24, 2.45) is 10.3 Å². The van der Waals surface area contributed by atoms with E-state index in [1.165, 1.54) is 30.5 Å². The van der Waals surface area contributed by atoms with Crippen molar-refractivity contribution in [1.29, 1.82) is 0 Å². The number of benzene rings is 3. The van der Waals surface area contributed by atoms with Gasteiger partial charge in [0.1, 0.15) is 5.75 Å². The number of alkyl halides is 3. The summed E-state index contributed by atoms with van der Waals surface area (Å²) in [5.74, 6) is 0.0784. The molecule has 7 nitrogen and oxygen atoms in total. The number of carboxylic acid groups (broad SMARTS) is 1. The van der Waals surface area contributed by atoms with E-state index in [0.717, 1.165) is 16.1 Å². The molecule has 0 aliphatic heterocycles. The number of ether oxygens (including phenoxy) is 1. The van der Waals surface area contributed by atoms with Crippen LogP contribution in [0.3, 0.4) is 0 Å². The first kappa shape index (κ1) is 25.3. The number of hydrazone groups is 1. The molecule has 0 bridgehead atoms. The molecule has 0 unspecified atom stereocenters. The zero-order valence-electron chi connectivity index (χ0n) is 19.1. The van der Waals surface area contributed by atoms with Crippen LogP contribution in [0.4, 0.5) is 23.7 Å². The lowest BCUT2D eigenvalue weighted by Gasteiger charge is -2.18. The average Bonchev–Trinajstić information content (AvgIpc) is 2.79. The summed E-state index contributed by atoms with van der Waals surface area (Å²) in [5.41, 5.74) is 3.70. The third-order valence-corrected chi connectivity index (χ3v) is 4.83. The summed E-state index contributed by atoms with van der Waals surface area (Å²) in [4.78, 5) is 17.1. The van der Waals surface area contributed by atoms with E-state index in [9.17, 15) is 23.1 Å². The Balaban J connectivity index is 1.67. The molecule has 3 aromatic rings. The Labute approximate surface area is 199 Å². The number of hydrogen-bond donors (Lipinski definition) is 1. The fraction of sp³-hybridized carbons (Fsp3) is 0.160. The van der Waals surface area contributed by atoms with E-state index in [-0.39, 0.29) is 5.75 Å². The van der Waals surface area contributed by atoms with E-state index in [1.807, 2.05) is 32.0 Å². The molecule has 0 aromatic heterocycles. The maximum atomic E-state index is 12.3. The maximum absolute atomic E-state index is 12.3. The first-order valence-electron chi connectivity index (χ1n) is 10.3. The lowest BCUT2D eigenvalue weighted by molar-refractivity contribution is -0.274. The molecule has 182 valence electrons. The number of rotatable bonds is 7. The molecular weight excluding hydrogens is 463 g/mol. The molecule has 1 N–H and O–H groups in total. The molecule has 0 spiro atoms. The van der Waals surface area contributed by atoms with Crippen molar-refractivity contribution < 1.29 is 32.6 Å². The Bertz CT molecular complexity index is 1220. The molecule has 3 aromatic carbocycles. The number of carbonyl (C=O) groups is 1. The van der Waals surface area contributed by atoms with Gasteiger partial charge in [-0.05, 0) is 91.6 Å². The van der Waals surface area contributed by atoms with Crippen LogP contribution < -0.4 is 14.6 Å². The predicted molar refractivity (Wildman–Crippen MR) is 126 cm³/mol. The standard InChI is InChI=1S/C25H22F3N3O4/c1-16-5-4-6-17(2)23(16)31(24(32)33)29-15-19-7-11-22(12-8-19)35-30-18(3)20-9-13-21(14-10-20)34-25(26,27)28/h4-15H,1-3H3,(H,32,33). The van der Waals surface area contributed by atoms with Crippen LogP contribution in [0.1, 0.15) is 29.2 Å². The van der Waals surface area contributed by atoms with Crippen molar-refractivity contribution in [3.63, 3.8) is 0 Å². The molecule has 0 aliphatic rings. The SMILES string of the molecule is CC(=NOc1ccc(C=NN(C(=O)O)c2c(C)cccc2C)cc1)c1ccc(OC(F)(F)F)cc1. The highest BCUT2D eigenvalue weighted by Crippen LogP contribution is 2.25. The fourth-order valence-electron chi connectivity index (χ4n) is 3.15. The number of hydrogen-bond acceptors (Lipinski definition) is 5. The number of amides is 1. The first-order chi connectivity index (χ1) is 16.5. The number of para-hydroxylation sites is 1. The Kier molecular flexibility index (Phi) is 7.75. The molecule has 0 atom stereocenters. The van der Waals surface area contributed by atoms with Gasteiger partial charge in [-0.15, -0.1) is 13.2 Å². The smallest absolute Gasteiger partial charge is 0.463 e. The third kappa shape index (κ3) is 7.07. The minimum absolute atomic E-state index is 0.328. The summed E-state index contributed by atoms with van der Waals surface area (Å²) in [6.07, 6.45) is -4.54. The summed E-state index contributed by atoms with van der Waals surface area (Å²) < 4.78 is 40.6. The lowest BCUT2D eigenvalue weighted by atomic mass is 10.1. The van der Waals surface area contributed by atoms with Gasteiger partial charge in [-0.2, -0.15) is 10.1 Å². The van der Waals surface area contributed by atoms with Crippen LogP contribution in [-0.2, 0) is 0 Å². The normalized spacial score (nSPS) is 12.0. The van der Waals surface area contributed by atoms with Gasteiger partial charge in [0.2, 0.25) is 0 Å². The maximum Gasteiger partial charge on any atom is 0.573 e. The Morgan fingerprint density at radius 2 is 1.51 bits per heavy atom. The van der Waals surface area contributed by atoms with Crippen LogP contribution in [-0.4, -0.2) is 29.5 Å². The zero-order valence-corrected chi connectivity index (χ0v) is 19.1. The molecule has 0 saturated carbocycles. The molecule has 0 radical (unpaired) electrons. The van der Waals surface area contributed by atoms with Gasteiger partial charge in [0.05, 0.1) is 17.6 Å². The summed E-state index contributed by atoms with van der Waals surface area (Å²) in [6, 6.07) is 17.3. The van der Waals surface area contributed by atoms with Gasteiger partial charge in [-0.1, -0.05) is 23.4 Å². The van der Waals surface area contributed by atoms with E-state index in [2.05, 4.69) is 15.0 Å². The van der Waals surface area contributed by atoms with Gasteiger partial charge >= 0.3 is 12.5 Å². The molecule has 3 rings (SSSR count). The number of aryl methyl sites for hydroxylation is 2. The van der Waals surface area contributed by atoms with Crippen LogP contribution >= 0.6 is 0 Å². The van der Waals surface area contributed by atoms with Gasteiger partial charge < -0.3 is 14.7 Å².